The first-order valence-corrected chi connectivity index (χ1v) is 5.77. The minimum Gasteiger partial charge on any atom is -0.380 e. The molecular formula is C11H20N2O3. The fourth-order valence-corrected chi connectivity index (χ4v) is 1.75. The summed E-state index contributed by atoms with van der Waals surface area (Å²) in [6.45, 7) is 7.34. The molecule has 5 nitrogen and oxygen atoms in total. The molecule has 1 saturated heterocycles. The van der Waals surface area contributed by atoms with Crippen LogP contribution in [0.1, 0.15) is 33.6 Å². The van der Waals surface area contributed by atoms with Gasteiger partial charge in [0.2, 0.25) is 0 Å². The number of carbonyl (C=O) groups is 2. The normalized spacial score (nSPS) is 25.1. The zero-order valence-corrected chi connectivity index (χ0v) is 10.2. The molecule has 1 rings (SSSR count). The standard InChI is InChI=1S/C11H20N2O3/c1-4-7-16-8-6-13-10(15)12-9(14)11(13,3)5-2/h4-8H2,1-3H3,(H,12,14,15). The van der Waals surface area contributed by atoms with Crippen LogP contribution in [0.25, 0.3) is 0 Å². The summed E-state index contributed by atoms with van der Waals surface area (Å²) in [7, 11) is 0. The SMILES string of the molecule is CCCOCCN1C(=O)NC(=O)C1(C)CC. The van der Waals surface area contributed by atoms with Gasteiger partial charge in [-0.25, -0.2) is 4.79 Å². The van der Waals surface area contributed by atoms with Crippen LogP contribution in [0.3, 0.4) is 0 Å². The summed E-state index contributed by atoms with van der Waals surface area (Å²) < 4.78 is 5.33. The van der Waals surface area contributed by atoms with Gasteiger partial charge in [-0.05, 0) is 19.8 Å². The van der Waals surface area contributed by atoms with Crippen LogP contribution in [-0.2, 0) is 9.53 Å². The maximum atomic E-state index is 11.6. The third kappa shape index (κ3) is 2.35. The predicted molar refractivity (Wildman–Crippen MR) is 60.1 cm³/mol. The summed E-state index contributed by atoms with van der Waals surface area (Å²) in [5.74, 6) is -0.213. The topological polar surface area (TPSA) is 58.6 Å². The Morgan fingerprint density at radius 1 is 1.31 bits per heavy atom. The minimum atomic E-state index is -0.716. The van der Waals surface area contributed by atoms with Crippen molar-refractivity contribution in [3.63, 3.8) is 0 Å². The van der Waals surface area contributed by atoms with Crippen molar-refractivity contribution >= 4 is 11.9 Å². The summed E-state index contributed by atoms with van der Waals surface area (Å²) in [5, 5.41) is 2.34. The van der Waals surface area contributed by atoms with Gasteiger partial charge in [-0.15, -0.1) is 0 Å². The molecule has 1 aliphatic rings. The third-order valence-corrected chi connectivity index (χ3v) is 3.05. The zero-order chi connectivity index (χ0) is 12.2. The molecule has 0 aromatic heterocycles. The number of nitrogens with zero attached hydrogens (tertiary/aromatic N) is 1. The quantitative estimate of drug-likeness (QED) is 0.547. The molecule has 0 aliphatic carbocycles. The van der Waals surface area contributed by atoms with Crippen LogP contribution < -0.4 is 5.32 Å². The Labute approximate surface area is 96.1 Å². The van der Waals surface area contributed by atoms with Crippen molar-refractivity contribution in [1.29, 1.82) is 0 Å². The molecule has 0 spiro atoms. The van der Waals surface area contributed by atoms with Crippen LogP contribution in [0.2, 0.25) is 0 Å². The Bertz CT molecular complexity index is 280. The van der Waals surface area contributed by atoms with Gasteiger partial charge >= 0.3 is 6.03 Å². The lowest BCUT2D eigenvalue weighted by Crippen LogP contribution is -2.47. The molecule has 0 bridgehead atoms. The summed E-state index contributed by atoms with van der Waals surface area (Å²) >= 11 is 0. The van der Waals surface area contributed by atoms with E-state index in [1.54, 1.807) is 11.8 Å². The molecule has 16 heavy (non-hydrogen) atoms. The predicted octanol–water partition coefficient (Wildman–Crippen LogP) is 1.13. The summed E-state index contributed by atoms with van der Waals surface area (Å²) in [6, 6.07) is -0.311. The van der Waals surface area contributed by atoms with Crippen LogP contribution >= 0.6 is 0 Å². The van der Waals surface area contributed by atoms with Crippen molar-refractivity contribution in [2.24, 2.45) is 0 Å². The van der Waals surface area contributed by atoms with E-state index in [0.717, 1.165) is 6.42 Å². The Kier molecular flexibility index (Phi) is 4.29. The average molecular weight is 228 g/mol. The number of imide groups is 1. The third-order valence-electron chi connectivity index (χ3n) is 3.05. The van der Waals surface area contributed by atoms with Crippen LogP contribution in [0, 0.1) is 0 Å². The van der Waals surface area contributed by atoms with Gasteiger partial charge in [0, 0.05) is 13.2 Å². The van der Waals surface area contributed by atoms with Gasteiger partial charge in [-0.1, -0.05) is 13.8 Å². The van der Waals surface area contributed by atoms with E-state index in [2.05, 4.69) is 5.32 Å². The molecule has 1 fully saturated rings. The fraction of sp³-hybridized carbons (Fsp3) is 0.818. The highest BCUT2D eigenvalue weighted by molar-refractivity contribution is 6.06. The lowest BCUT2D eigenvalue weighted by Gasteiger charge is -2.30. The van der Waals surface area contributed by atoms with E-state index in [1.807, 2.05) is 13.8 Å². The fourth-order valence-electron chi connectivity index (χ4n) is 1.75. The van der Waals surface area contributed by atoms with E-state index < -0.39 is 5.54 Å². The molecule has 92 valence electrons. The van der Waals surface area contributed by atoms with E-state index in [1.165, 1.54) is 0 Å². The molecule has 0 aromatic carbocycles. The number of hydrogen-bond acceptors (Lipinski definition) is 3. The Balaban J connectivity index is 2.55. The van der Waals surface area contributed by atoms with Crippen molar-refractivity contribution < 1.29 is 14.3 Å². The molecule has 0 radical (unpaired) electrons. The molecule has 5 heteroatoms. The molecule has 0 saturated carbocycles. The lowest BCUT2D eigenvalue weighted by atomic mass is 9.97. The number of hydrogen-bond donors (Lipinski definition) is 1. The smallest absolute Gasteiger partial charge is 0.325 e. The molecular weight excluding hydrogens is 208 g/mol. The second-order valence-corrected chi connectivity index (χ2v) is 4.15. The molecule has 1 N–H and O–H groups in total. The second kappa shape index (κ2) is 5.30. The van der Waals surface area contributed by atoms with E-state index in [9.17, 15) is 9.59 Å². The van der Waals surface area contributed by atoms with Crippen molar-refractivity contribution in [2.75, 3.05) is 19.8 Å². The van der Waals surface area contributed by atoms with E-state index in [0.29, 0.717) is 26.2 Å². The molecule has 1 unspecified atom stereocenters. The summed E-state index contributed by atoms with van der Waals surface area (Å²) in [6.07, 6.45) is 1.56. The maximum Gasteiger partial charge on any atom is 0.325 e. The molecule has 1 atom stereocenters. The summed E-state index contributed by atoms with van der Waals surface area (Å²) in [4.78, 5) is 24.7. The van der Waals surface area contributed by atoms with Gasteiger partial charge in [0.15, 0.2) is 0 Å². The maximum absolute atomic E-state index is 11.6. The minimum absolute atomic E-state index is 0.213. The number of nitrogens with one attached hydrogen (secondary N) is 1. The van der Waals surface area contributed by atoms with Crippen LogP contribution in [0.15, 0.2) is 0 Å². The molecule has 1 heterocycles. The lowest BCUT2D eigenvalue weighted by molar-refractivity contribution is -0.126. The highest BCUT2D eigenvalue weighted by Gasteiger charge is 2.47. The molecule has 3 amide bonds. The highest BCUT2D eigenvalue weighted by atomic mass is 16.5. The Morgan fingerprint density at radius 3 is 2.56 bits per heavy atom. The highest BCUT2D eigenvalue weighted by Crippen LogP contribution is 2.24. The first kappa shape index (κ1) is 13.0. The van der Waals surface area contributed by atoms with Gasteiger partial charge in [-0.3, -0.25) is 10.1 Å². The van der Waals surface area contributed by atoms with Crippen molar-refractivity contribution in [3.05, 3.63) is 0 Å². The first-order valence-electron chi connectivity index (χ1n) is 5.77. The number of rotatable bonds is 6. The van der Waals surface area contributed by atoms with Gasteiger partial charge in [0.05, 0.1) is 6.61 Å². The second-order valence-electron chi connectivity index (χ2n) is 4.15. The van der Waals surface area contributed by atoms with E-state index >= 15 is 0 Å². The number of urea groups is 1. The van der Waals surface area contributed by atoms with Gasteiger partial charge in [0.1, 0.15) is 5.54 Å². The van der Waals surface area contributed by atoms with Crippen molar-refractivity contribution in [3.8, 4) is 0 Å². The largest absolute Gasteiger partial charge is 0.380 e. The number of amides is 3. The van der Waals surface area contributed by atoms with Crippen molar-refractivity contribution in [2.45, 2.75) is 39.2 Å². The monoisotopic (exact) mass is 228 g/mol. The Hall–Kier alpha value is -1.10. The van der Waals surface area contributed by atoms with Crippen LogP contribution in [0.4, 0.5) is 4.79 Å². The van der Waals surface area contributed by atoms with E-state index in [-0.39, 0.29) is 11.9 Å². The van der Waals surface area contributed by atoms with Gasteiger partial charge in [0.25, 0.3) is 5.91 Å². The van der Waals surface area contributed by atoms with Crippen LogP contribution in [-0.4, -0.2) is 42.1 Å². The number of ether oxygens (including phenoxy) is 1. The van der Waals surface area contributed by atoms with Crippen molar-refractivity contribution in [1.82, 2.24) is 10.2 Å². The number of carbonyl (C=O) groups excluding carboxylic acids is 2. The summed E-state index contributed by atoms with van der Waals surface area (Å²) in [5.41, 5.74) is -0.716. The molecule has 0 aromatic rings. The first-order chi connectivity index (χ1) is 7.56. The van der Waals surface area contributed by atoms with Gasteiger partial charge < -0.3 is 9.64 Å². The Morgan fingerprint density at radius 2 is 2.00 bits per heavy atom. The zero-order valence-electron chi connectivity index (χ0n) is 10.2. The van der Waals surface area contributed by atoms with Gasteiger partial charge in [-0.2, -0.15) is 0 Å². The molecule has 1 aliphatic heterocycles. The van der Waals surface area contributed by atoms with E-state index in [4.69, 9.17) is 4.74 Å². The average Bonchev–Trinajstić information content (AvgIpc) is 2.47. The van der Waals surface area contributed by atoms with Crippen LogP contribution in [0.5, 0.6) is 0 Å².